The Hall–Kier alpha value is -3.52. The third-order valence-electron chi connectivity index (χ3n) is 4.76. The summed E-state index contributed by atoms with van der Waals surface area (Å²) in [6.07, 6.45) is 0.650. The van der Waals surface area contributed by atoms with E-state index in [0.717, 1.165) is 17.1 Å². The van der Waals surface area contributed by atoms with E-state index in [2.05, 4.69) is 10.0 Å². The number of ether oxygens (including phenoxy) is 2. The first-order valence-corrected chi connectivity index (χ1v) is 11.3. The molecule has 0 saturated heterocycles. The monoisotopic (exact) mass is 438 g/mol. The van der Waals surface area contributed by atoms with Crippen LogP contribution >= 0.6 is 0 Å². The highest BCUT2D eigenvalue weighted by Crippen LogP contribution is 2.30. The normalized spacial score (nSPS) is 12.8. The number of nitrogens with one attached hydrogen (secondary N) is 2. The number of carbonyl (C=O) groups excluding carboxylic acids is 1. The first kappa shape index (κ1) is 20.7. The summed E-state index contributed by atoms with van der Waals surface area (Å²) in [6.45, 7) is 1.54. The summed E-state index contributed by atoms with van der Waals surface area (Å²) in [4.78, 5) is 12.6. The van der Waals surface area contributed by atoms with Gasteiger partial charge in [-0.1, -0.05) is 24.3 Å². The van der Waals surface area contributed by atoms with E-state index in [1.807, 2.05) is 18.2 Å². The van der Waals surface area contributed by atoms with Crippen molar-refractivity contribution in [2.45, 2.75) is 11.3 Å². The molecule has 0 aliphatic carbocycles. The summed E-state index contributed by atoms with van der Waals surface area (Å²) in [5.74, 6) is 1.24. The van der Waals surface area contributed by atoms with E-state index in [9.17, 15) is 13.2 Å². The topological polar surface area (TPSA) is 93.7 Å². The number of hydrogen-bond acceptors (Lipinski definition) is 5. The number of fused-ring (bicyclic) bond motifs is 1. The van der Waals surface area contributed by atoms with Gasteiger partial charge < -0.3 is 14.8 Å². The van der Waals surface area contributed by atoms with E-state index in [4.69, 9.17) is 9.47 Å². The maximum atomic E-state index is 12.4. The van der Waals surface area contributed by atoms with Gasteiger partial charge in [-0.3, -0.25) is 9.52 Å². The third kappa shape index (κ3) is 5.16. The molecule has 8 heteroatoms. The number of rotatable bonds is 7. The van der Waals surface area contributed by atoms with Crippen LogP contribution in [0, 0.1) is 0 Å². The molecule has 0 unspecified atom stereocenters. The van der Waals surface area contributed by atoms with Crippen LogP contribution in [-0.2, 0) is 16.4 Å². The Labute approximate surface area is 181 Å². The van der Waals surface area contributed by atoms with Gasteiger partial charge in [-0.05, 0) is 60.5 Å². The van der Waals surface area contributed by atoms with E-state index in [-0.39, 0.29) is 10.8 Å². The Morgan fingerprint density at radius 2 is 1.58 bits per heavy atom. The fourth-order valence-corrected chi connectivity index (χ4v) is 4.25. The van der Waals surface area contributed by atoms with E-state index < -0.39 is 10.0 Å². The minimum absolute atomic E-state index is 0.177. The van der Waals surface area contributed by atoms with Gasteiger partial charge in [-0.2, -0.15) is 0 Å². The molecule has 0 atom stereocenters. The van der Waals surface area contributed by atoms with Crippen molar-refractivity contribution in [2.75, 3.05) is 24.5 Å². The molecule has 1 amide bonds. The summed E-state index contributed by atoms with van der Waals surface area (Å²) < 4.78 is 38.3. The van der Waals surface area contributed by atoms with Crippen molar-refractivity contribution in [1.82, 2.24) is 5.32 Å². The molecule has 1 heterocycles. The zero-order chi connectivity index (χ0) is 21.7. The van der Waals surface area contributed by atoms with Gasteiger partial charge in [0.25, 0.3) is 15.9 Å². The first-order chi connectivity index (χ1) is 15.0. The number of sulfonamides is 1. The Morgan fingerprint density at radius 3 is 2.32 bits per heavy atom. The van der Waals surface area contributed by atoms with Crippen LogP contribution in [0.4, 0.5) is 5.69 Å². The van der Waals surface area contributed by atoms with Gasteiger partial charge in [0.15, 0.2) is 11.5 Å². The summed E-state index contributed by atoms with van der Waals surface area (Å²) in [7, 11) is -3.67. The van der Waals surface area contributed by atoms with Crippen LogP contribution in [0.3, 0.4) is 0 Å². The summed E-state index contributed by atoms with van der Waals surface area (Å²) in [5, 5.41) is 2.87. The Kier molecular flexibility index (Phi) is 6.08. The first-order valence-electron chi connectivity index (χ1n) is 9.86. The van der Waals surface area contributed by atoms with Crippen molar-refractivity contribution in [3.63, 3.8) is 0 Å². The van der Waals surface area contributed by atoms with Crippen LogP contribution in [0.1, 0.15) is 15.9 Å². The zero-order valence-electron chi connectivity index (χ0n) is 16.7. The lowest BCUT2D eigenvalue weighted by Crippen LogP contribution is -2.25. The van der Waals surface area contributed by atoms with Crippen molar-refractivity contribution in [3.05, 3.63) is 83.9 Å². The SMILES string of the molecule is O=C(NCCc1ccc2c(c1)OCCO2)c1ccc(NS(=O)(=O)c2ccccc2)cc1. The molecule has 160 valence electrons. The van der Waals surface area contributed by atoms with Crippen LogP contribution in [0.2, 0.25) is 0 Å². The fraction of sp³-hybridized carbons (Fsp3) is 0.174. The molecule has 4 rings (SSSR count). The lowest BCUT2D eigenvalue weighted by molar-refractivity contribution is 0.0954. The molecule has 0 saturated carbocycles. The Balaban J connectivity index is 1.31. The van der Waals surface area contributed by atoms with Crippen LogP contribution in [0.25, 0.3) is 0 Å². The third-order valence-corrected chi connectivity index (χ3v) is 6.16. The van der Waals surface area contributed by atoms with Crippen LogP contribution < -0.4 is 19.5 Å². The fourth-order valence-electron chi connectivity index (χ4n) is 3.17. The van der Waals surface area contributed by atoms with Gasteiger partial charge in [0.1, 0.15) is 13.2 Å². The second-order valence-corrected chi connectivity index (χ2v) is 8.66. The van der Waals surface area contributed by atoms with Gasteiger partial charge in [0, 0.05) is 17.8 Å². The number of benzene rings is 3. The molecular formula is C23H22N2O5S. The molecule has 0 radical (unpaired) electrons. The van der Waals surface area contributed by atoms with Gasteiger partial charge in [0.2, 0.25) is 0 Å². The Bertz CT molecular complexity index is 1160. The van der Waals surface area contributed by atoms with Crippen LogP contribution in [0.15, 0.2) is 77.7 Å². The molecule has 2 N–H and O–H groups in total. The number of amides is 1. The van der Waals surface area contributed by atoms with Crippen molar-refractivity contribution >= 4 is 21.6 Å². The molecule has 0 spiro atoms. The van der Waals surface area contributed by atoms with E-state index in [0.29, 0.717) is 37.4 Å². The van der Waals surface area contributed by atoms with Gasteiger partial charge in [0.05, 0.1) is 4.90 Å². The smallest absolute Gasteiger partial charge is 0.261 e. The average Bonchev–Trinajstić information content (AvgIpc) is 2.80. The number of anilines is 1. The average molecular weight is 439 g/mol. The van der Waals surface area contributed by atoms with Gasteiger partial charge in [-0.15, -0.1) is 0 Å². The van der Waals surface area contributed by atoms with Crippen LogP contribution in [0.5, 0.6) is 11.5 Å². The predicted octanol–water partition coefficient (Wildman–Crippen LogP) is 3.23. The van der Waals surface area contributed by atoms with Gasteiger partial charge in [-0.25, -0.2) is 8.42 Å². The molecule has 3 aromatic rings. The van der Waals surface area contributed by atoms with Crippen molar-refractivity contribution < 1.29 is 22.7 Å². The number of carbonyl (C=O) groups is 1. The lowest BCUT2D eigenvalue weighted by atomic mass is 10.1. The summed E-state index contributed by atoms with van der Waals surface area (Å²) in [6, 6.07) is 20.2. The second kappa shape index (κ2) is 9.09. The van der Waals surface area contributed by atoms with E-state index in [1.54, 1.807) is 42.5 Å². The molecule has 3 aromatic carbocycles. The quantitative estimate of drug-likeness (QED) is 0.591. The molecular weight excluding hydrogens is 416 g/mol. The largest absolute Gasteiger partial charge is 0.486 e. The summed E-state index contributed by atoms with van der Waals surface area (Å²) in [5.41, 5.74) is 1.87. The van der Waals surface area contributed by atoms with Gasteiger partial charge >= 0.3 is 0 Å². The van der Waals surface area contributed by atoms with Crippen LogP contribution in [-0.4, -0.2) is 34.1 Å². The Morgan fingerprint density at radius 1 is 0.871 bits per heavy atom. The molecule has 7 nitrogen and oxygen atoms in total. The standard InChI is InChI=1S/C23H22N2O5S/c26-23(24-13-12-17-6-11-21-22(16-17)30-15-14-29-21)18-7-9-19(10-8-18)25-31(27,28)20-4-2-1-3-5-20/h1-11,16,25H,12-15H2,(H,24,26). The van der Waals surface area contributed by atoms with Crippen molar-refractivity contribution in [2.24, 2.45) is 0 Å². The highest BCUT2D eigenvalue weighted by Gasteiger charge is 2.14. The highest BCUT2D eigenvalue weighted by atomic mass is 32.2. The molecule has 0 bridgehead atoms. The molecule has 1 aliphatic heterocycles. The molecule has 31 heavy (non-hydrogen) atoms. The minimum Gasteiger partial charge on any atom is -0.486 e. The zero-order valence-corrected chi connectivity index (χ0v) is 17.5. The highest BCUT2D eigenvalue weighted by molar-refractivity contribution is 7.92. The summed E-state index contributed by atoms with van der Waals surface area (Å²) >= 11 is 0. The van der Waals surface area contributed by atoms with E-state index in [1.165, 1.54) is 12.1 Å². The molecule has 1 aliphatic rings. The lowest BCUT2D eigenvalue weighted by Gasteiger charge is -2.18. The second-order valence-electron chi connectivity index (χ2n) is 6.98. The van der Waals surface area contributed by atoms with E-state index >= 15 is 0 Å². The molecule has 0 aromatic heterocycles. The van der Waals surface area contributed by atoms with Crippen molar-refractivity contribution in [1.29, 1.82) is 0 Å². The van der Waals surface area contributed by atoms with Crippen molar-refractivity contribution in [3.8, 4) is 11.5 Å². The number of hydrogen-bond donors (Lipinski definition) is 2. The maximum Gasteiger partial charge on any atom is 0.261 e. The minimum atomic E-state index is -3.67. The predicted molar refractivity (Wildman–Crippen MR) is 117 cm³/mol. The molecule has 0 fully saturated rings. The maximum absolute atomic E-state index is 12.4.